The minimum atomic E-state index is -0.171. The zero-order valence-corrected chi connectivity index (χ0v) is 43.9. The van der Waals surface area contributed by atoms with Crippen molar-refractivity contribution < 1.29 is 0 Å². The first kappa shape index (κ1) is 44.1. The van der Waals surface area contributed by atoms with Gasteiger partial charge in [-0.05, 0) is 100 Å². The Morgan fingerprint density at radius 3 is 1.62 bits per heavy atom. The summed E-state index contributed by atoms with van der Waals surface area (Å²) in [6.07, 6.45) is 1.98. The molecule has 10 aromatic carbocycles. The quantitative estimate of drug-likeness (QED) is 0.166. The van der Waals surface area contributed by atoms with E-state index < -0.39 is 0 Å². The number of fused-ring (bicyclic) bond motifs is 15. The molecule has 370 valence electrons. The maximum Gasteiger partial charge on any atom is 0.238 e. The molecule has 0 N–H and O–H groups in total. The normalized spacial score (nSPS) is 13.0. The van der Waals surface area contributed by atoms with Crippen LogP contribution in [-0.4, -0.2) is 33.6 Å². The monoisotopic (exact) mass is 1030 g/mol. The fourth-order valence-electron chi connectivity index (χ4n) is 13.1. The van der Waals surface area contributed by atoms with E-state index in [-0.39, 0.29) is 5.41 Å². The molecule has 0 fully saturated rings. The van der Waals surface area contributed by atoms with E-state index in [0.29, 0.717) is 17.6 Å². The van der Waals surface area contributed by atoms with Crippen LogP contribution in [0.25, 0.3) is 148 Å². The molecular weight excluding hydrogens is 983 g/mol. The van der Waals surface area contributed by atoms with E-state index in [4.69, 9.17) is 19.9 Å². The molecule has 0 aliphatic heterocycles. The Bertz CT molecular complexity index is 5180. The molecule has 0 radical (unpaired) electrons. The van der Waals surface area contributed by atoms with Crippen LogP contribution in [0.2, 0.25) is 0 Å². The Balaban J connectivity index is 0.789. The first-order valence-corrected chi connectivity index (χ1v) is 27.7. The molecule has 0 atom stereocenters. The minimum Gasteiger partial charge on any atom is -0.309 e. The summed E-state index contributed by atoms with van der Waals surface area (Å²) in [5, 5.41) is 9.63. The second kappa shape index (κ2) is 16.5. The van der Waals surface area contributed by atoms with Crippen molar-refractivity contribution in [2.45, 2.75) is 19.3 Å². The van der Waals surface area contributed by atoms with Crippen molar-refractivity contribution in [2.24, 2.45) is 0 Å². The van der Waals surface area contributed by atoms with E-state index in [0.717, 1.165) is 65.9 Å². The molecule has 6 aromatic heterocycles. The van der Waals surface area contributed by atoms with Gasteiger partial charge in [-0.1, -0.05) is 178 Å². The Hall–Kier alpha value is -10.0. The molecule has 1 aliphatic carbocycles. The van der Waals surface area contributed by atoms with E-state index in [9.17, 15) is 0 Å². The van der Waals surface area contributed by atoms with Crippen molar-refractivity contribution in [3.63, 3.8) is 0 Å². The summed E-state index contributed by atoms with van der Waals surface area (Å²) in [6.45, 7) is 4.67. The average molecular weight is 1030 g/mol. The van der Waals surface area contributed by atoms with Crippen molar-refractivity contribution in [3.05, 3.63) is 248 Å². The van der Waals surface area contributed by atoms with Gasteiger partial charge in [-0.15, -0.1) is 11.3 Å². The fourth-order valence-corrected chi connectivity index (χ4v) is 14.2. The third-order valence-corrected chi connectivity index (χ3v) is 18.0. The van der Waals surface area contributed by atoms with E-state index in [1.54, 1.807) is 0 Å². The Morgan fingerprint density at radius 2 is 0.911 bits per heavy atom. The molecule has 0 saturated heterocycles. The smallest absolute Gasteiger partial charge is 0.238 e. The van der Waals surface area contributed by atoms with Crippen LogP contribution >= 0.6 is 11.3 Å². The molecule has 0 spiro atoms. The lowest BCUT2D eigenvalue weighted by atomic mass is 9.82. The first-order valence-electron chi connectivity index (χ1n) is 26.9. The summed E-state index contributed by atoms with van der Waals surface area (Å²) < 4.78 is 9.39. The average Bonchev–Trinajstić information content (AvgIpc) is 4.49. The van der Waals surface area contributed by atoms with E-state index in [1.165, 1.54) is 75.7 Å². The molecule has 1 aliphatic rings. The van der Waals surface area contributed by atoms with Crippen molar-refractivity contribution in [2.75, 3.05) is 0 Å². The number of nitrogens with zero attached hydrogens (tertiary/aromatic N) is 7. The lowest BCUT2D eigenvalue weighted by molar-refractivity contribution is 0.661. The Morgan fingerprint density at radius 1 is 0.354 bits per heavy atom. The molecule has 0 saturated carbocycles. The zero-order valence-electron chi connectivity index (χ0n) is 43.1. The van der Waals surface area contributed by atoms with Crippen LogP contribution in [0, 0.1) is 0 Å². The maximum absolute atomic E-state index is 5.37. The fraction of sp³-hybridized carbons (Fsp3) is 0.0423. The highest BCUT2D eigenvalue weighted by molar-refractivity contribution is 7.26. The molecule has 7 nitrogen and oxygen atoms in total. The molecule has 0 amide bonds. The van der Waals surface area contributed by atoms with Crippen LogP contribution < -0.4 is 0 Å². The van der Waals surface area contributed by atoms with Crippen LogP contribution in [0.15, 0.2) is 237 Å². The van der Waals surface area contributed by atoms with Gasteiger partial charge in [0.1, 0.15) is 0 Å². The van der Waals surface area contributed by atoms with Crippen LogP contribution in [0.1, 0.15) is 25.0 Å². The topological polar surface area (TPSA) is 66.3 Å². The molecule has 0 bridgehead atoms. The summed E-state index contributed by atoms with van der Waals surface area (Å²) in [7, 11) is 0. The van der Waals surface area contributed by atoms with Crippen molar-refractivity contribution >= 4 is 96.9 Å². The maximum atomic E-state index is 5.37. The third-order valence-electron chi connectivity index (χ3n) is 16.8. The number of para-hydroxylation sites is 4. The number of pyridine rings is 1. The zero-order chi connectivity index (χ0) is 52.1. The lowest BCUT2D eigenvalue weighted by Crippen LogP contribution is -2.15. The van der Waals surface area contributed by atoms with Gasteiger partial charge in [0.15, 0.2) is 17.5 Å². The largest absolute Gasteiger partial charge is 0.309 e. The van der Waals surface area contributed by atoms with Crippen molar-refractivity contribution in [3.8, 4) is 62.5 Å². The Labute approximate surface area is 457 Å². The highest BCUT2D eigenvalue weighted by Gasteiger charge is 2.36. The molecule has 17 rings (SSSR count). The SMILES string of the molecule is CC1(C)c2ccccc2-c2cc3c4ccccc4n(-c4nc(-c5ccccc5)nc(-c5ccc(-c6ccc7c8ccccc8n(-c8nccc9c8sc8ccc(-n%10c%11ccccc%11c%11ccccc%11%10)cc89)c7c6)cc5)n4)c3cc21. The van der Waals surface area contributed by atoms with Crippen LogP contribution in [0.5, 0.6) is 0 Å². The van der Waals surface area contributed by atoms with Crippen molar-refractivity contribution in [1.82, 2.24) is 33.6 Å². The number of hydrogen-bond donors (Lipinski definition) is 0. The van der Waals surface area contributed by atoms with Gasteiger partial charge in [-0.3, -0.25) is 9.13 Å². The van der Waals surface area contributed by atoms with Crippen LogP contribution in [0.4, 0.5) is 0 Å². The van der Waals surface area contributed by atoms with Gasteiger partial charge in [-0.25, -0.2) is 9.97 Å². The molecule has 6 heterocycles. The summed E-state index contributed by atoms with van der Waals surface area (Å²) >= 11 is 1.81. The first-order chi connectivity index (χ1) is 38.9. The van der Waals surface area contributed by atoms with E-state index in [2.05, 4.69) is 240 Å². The number of rotatable bonds is 6. The summed E-state index contributed by atoms with van der Waals surface area (Å²) in [6, 6.07) is 83.2. The number of hydrogen-bond acceptors (Lipinski definition) is 5. The predicted molar refractivity (Wildman–Crippen MR) is 327 cm³/mol. The number of aromatic nitrogens is 7. The second-order valence-corrected chi connectivity index (χ2v) is 22.5. The number of benzene rings is 10. The standard InChI is InChI=1S/C71H45N7S/c1-71(2)57-23-11-6-18-47(57)54-40-55-51-22-10-15-27-62(51)78(64(55)41-58(54)71)70-74-67(43-16-4-3-5-17-43)73-68(75-70)44-30-28-42(29-31-44)45-32-34-52-50-21-9-14-26-61(50)77(63(52)38-45)69-66-53(36-37-72-69)56-39-46(33-35-65(56)79-66)76-59-24-12-7-19-48(59)49-20-8-13-25-60(49)76/h3-41H,1-2H3. The molecule has 16 aromatic rings. The molecule has 79 heavy (non-hydrogen) atoms. The summed E-state index contributed by atoms with van der Waals surface area (Å²) in [5.41, 5.74) is 17.0. The van der Waals surface area contributed by atoms with E-state index in [1.807, 2.05) is 35.7 Å². The van der Waals surface area contributed by atoms with Crippen molar-refractivity contribution in [1.29, 1.82) is 0 Å². The highest BCUT2D eigenvalue weighted by atomic mass is 32.1. The van der Waals surface area contributed by atoms with Crippen LogP contribution in [-0.2, 0) is 5.41 Å². The highest BCUT2D eigenvalue weighted by Crippen LogP contribution is 2.51. The van der Waals surface area contributed by atoms with Gasteiger partial charge in [0, 0.05) is 76.2 Å². The Kier molecular flexibility index (Phi) is 9.22. The molecular formula is C71H45N7S. The van der Waals surface area contributed by atoms with Crippen LogP contribution in [0.3, 0.4) is 0 Å². The predicted octanol–water partition coefficient (Wildman–Crippen LogP) is 18.2. The minimum absolute atomic E-state index is 0.171. The summed E-state index contributed by atoms with van der Waals surface area (Å²) in [4.78, 5) is 21.1. The van der Waals surface area contributed by atoms with Gasteiger partial charge >= 0.3 is 0 Å². The van der Waals surface area contributed by atoms with E-state index >= 15 is 0 Å². The third kappa shape index (κ3) is 6.40. The van der Waals surface area contributed by atoms with Gasteiger partial charge in [0.25, 0.3) is 0 Å². The number of thiophene rings is 1. The van der Waals surface area contributed by atoms with Gasteiger partial charge in [-0.2, -0.15) is 9.97 Å². The summed E-state index contributed by atoms with van der Waals surface area (Å²) in [5.74, 6) is 2.73. The van der Waals surface area contributed by atoms with Gasteiger partial charge in [0.2, 0.25) is 5.95 Å². The molecule has 0 unspecified atom stereocenters. The lowest BCUT2D eigenvalue weighted by Gasteiger charge is -2.21. The molecule has 8 heteroatoms. The van der Waals surface area contributed by atoms with Gasteiger partial charge < -0.3 is 4.57 Å². The second-order valence-electron chi connectivity index (χ2n) is 21.4. The van der Waals surface area contributed by atoms with Gasteiger partial charge in [0.05, 0.1) is 37.8 Å².